The van der Waals surface area contributed by atoms with Crippen molar-refractivity contribution in [2.75, 3.05) is 0 Å². The van der Waals surface area contributed by atoms with Crippen LogP contribution in [0.2, 0.25) is 0 Å². The normalized spacial score (nSPS) is 23.5. The minimum Gasteiger partial charge on any atom is -0.429 e. The molecule has 0 radical (unpaired) electrons. The Kier molecular flexibility index (Phi) is 6.97. The summed E-state index contributed by atoms with van der Waals surface area (Å²) >= 11 is 0. The highest BCUT2D eigenvalue weighted by Crippen LogP contribution is 2.42. The SMILES string of the molecule is CC1CCC(C2CC=C(c3cc(F)c(C(F)(F)Oc4cc(F)c(F)c(F)c4)c(F)c3)CC2)CC1.[HH]. The zero-order valence-corrected chi connectivity index (χ0v) is 18.6. The average Bonchev–Trinajstić information content (AvgIpc) is 2.77. The van der Waals surface area contributed by atoms with Crippen molar-refractivity contribution in [3.8, 4) is 5.75 Å². The standard InChI is InChI=1S/C26H25F7O.H2/c1-14-2-4-15(5-3-14)16-6-8-17(9-7-16)18-10-20(27)24(21(28)11-18)26(32,33)34-19-12-22(29)25(31)23(30)13-19;/h8,10-16H,2-7,9H2,1H3;1H. The molecule has 2 aromatic rings. The molecular formula is C26H27F7O. The van der Waals surface area contributed by atoms with E-state index < -0.39 is 46.5 Å². The van der Waals surface area contributed by atoms with E-state index in [4.69, 9.17) is 0 Å². The quantitative estimate of drug-likeness (QED) is 0.302. The first kappa shape index (κ1) is 24.6. The van der Waals surface area contributed by atoms with E-state index in [1.807, 2.05) is 6.08 Å². The Bertz CT molecular complexity index is 1050. The van der Waals surface area contributed by atoms with Crippen molar-refractivity contribution < 1.29 is 36.9 Å². The summed E-state index contributed by atoms with van der Waals surface area (Å²) in [5.41, 5.74) is -0.826. The zero-order valence-electron chi connectivity index (χ0n) is 18.6. The maximum atomic E-state index is 14.7. The first-order valence-electron chi connectivity index (χ1n) is 11.5. The van der Waals surface area contributed by atoms with Gasteiger partial charge in [0, 0.05) is 13.6 Å². The van der Waals surface area contributed by atoms with Crippen LogP contribution in [-0.4, -0.2) is 0 Å². The molecule has 0 saturated heterocycles. The number of hydrogen-bond acceptors (Lipinski definition) is 1. The second-order valence-electron chi connectivity index (χ2n) is 9.42. The van der Waals surface area contributed by atoms with Crippen LogP contribution in [0.25, 0.3) is 5.57 Å². The molecule has 1 nitrogen and oxygen atoms in total. The summed E-state index contributed by atoms with van der Waals surface area (Å²) in [5, 5.41) is 0. The number of allylic oxidation sites excluding steroid dienone is 2. The molecule has 2 aromatic carbocycles. The summed E-state index contributed by atoms with van der Waals surface area (Å²) in [5.74, 6) is -7.72. The van der Waals surface area contributed by atoms with Crippen LogP contribution in [0.15, 0.2) is 30.3 Å². The largest absolute Gasteiger partial charge is 0.432 e. The molecule has 34 heavy (non-hydrogen) atoms. The van der Waals surface area contributed by atoms with Gasteiger partial charge in [0.2, 0.25) is 0 Å². The minimum atomic E-state index is -4.59. The van der Waals surface area contributed by atoms with E-state index in [0.29, 0.717) is 23.8 Å². The number of rotatable bonds is 5. The third-order valence-electron chi connectivity index (χ3n) is 7.09. The van der Waals surface area contributed by atoms with Gasteiger partial charge in [0.05, 0.1) is 0 Å². The van der Waals surface area contributed by atoms with Gasteiger partial charge in [0.1, 0.15) is 22.9 Å². The van der Waals surface area contributed by atoms with Crippen molar-refractivity contribution in [1.82, 2.24) is 0 Å². The summed E-state index contributed by atoms with van der Waals surface area (Å²) in [4.78, 5) is 0. The van der Waals surface area contributed by atoms with Gasteiger partial charge in [0.15, 0.2) is 17.5 Å². The third-order valence-corrected chi connectivity index (χ3v) is 7.09. The number of ether oxygens (including phenoxy) is 1. The summed E-state index contributed by atoms with van der Waals surface area (Å²) in [6, 6.07) is 1.98. The Hall–Kier alpha value is -2.51. The summed E-state index contributed by atoms with van der Waals surface area (Å²) in [6.07, 6.45) is 4.37. The highest BCUT2D eigenvalue weighted by molar-refractivity contribution is 5.67. The molecule has 0 spiro atoms. The highest BCUT2D eigenvalue weighted by Gasteiger charge is 2.42. The molecule has 186 valence electrons. The molecule has 4 rings (SSSR count). The Morgan fingerprint density at radius 2 is 1.38 bits per heavy atom. The Morgan fingerprint density at radius 3 is 1.91 bits per heavy atom. The fourth-order valence-corrected chi connectivity index (χ4v) is 5.13. The smallest absolute Gasteiger partial charge is 0.429 e. The monoisotopic (exact) mass is 488 g/mol. The van der Waals surface area contributed by atoms with E-state index in [-0.39, 0.29) is 19.1 Å². The topological polar surface area (TPSA) is 9.23 Å². The van der Waals surface area contributed by atoms with Crippen LogP contribution in [0.1, 0.15) is 64.4 Å². The van der Waals surface area contributed by atoms with Gasteiger partial charge in [0.25, 0.3) is 0 Å². The molecular weight excluding hydrogens is 461 g/mol. The number of hydrogen-bond donors (Lipinski definition) is 0. The molecule has 0 bridgehead atoms. The van der Waals surface area contributed by atoms with Gasteiger partial charge >= 0.3 is 6.11 Å². The van der Waals surface area contributed by atoms with Gasteiger partial charge in [-0.1, -0.05) is 25.8 Å². The number of alkyl halides is 2. The maximum Gasteiger partial charge on any atom is 0.432 e. The molecule has 0 aliphatic heterocycles. The van der Waals surface area contributed by atoms with Gasteiger partial charge in [-0.3, -0.25) is 0 Å². The van der Waals surface area contributed by atoms with Crippen LogP contribution >= 0.6 is 0 Å². The summed E-state index contributed by atoms with van der Waals surface area (Å²) < 4.78 is 102. The Labute approximate surface area is 195 Å². The Balaban J connectivity index is 0.00000342. The average molecular weight is 488 g/mol. The molecule has 0 N–H and O–H groups in total. The van der Waals surface area contributed by atoms with Crippen LogP contribution in [0, 0.1) is 46.8 Å². The molecule has 1 saturated carbocycles. The molecule has 0 heterocycles. The lowest BCUT2D eigenvalue weighted by atomic mass is 9.71. The fourth-order valence-electron chi connectivity index (χ4n) is 5.13. The first-order valence-corrected chi connectivity index (χ1v) is 11.5. The van der Waals surface area contributed by atoms with E-state index in [2.05, 4.69) is 11.7 Å². The van der Waals surface area contributed by atoms with Crippen molar-refractivity contribution in [2.45, 2.75) is 58.0 Å². The predicted octanol–water partition coefficient (Wildman–Crippen LogP) is 8.77. The van der Waals surface area contributed by atoms with Gasteiger partial charge in [-0.2, -0.15) is 8.78 Å². The van der Waals surface area contributed by atoms with Crippen molar-refractivity contribution in [1.29, 1.82) is 0 Å². The van der Waals surface area contributed by atoms with E-state index >= 15 is 0 Å². The Morgan fingerprint density at radius 1 is 0.794 bits per heavy atom. The third kappa shape index (κ3) is 5.10. The van der Waals surface area contributed by atoms with Gasteiger partial charge in [-0.25, -0.2) is 22.0 Å². The lowest BCUT2D eigenvalue weighted by molar-refractivity contribution is -0.189. The molecule has 8 heteroatoms. The second-order valence-corrected chi connectivity index (χ2v) is 9.42. The predicted molar refractivity (Wildman–Crippen MR) is 116 cm³/mol. The van der Waals surface area contributed by atoms with Gasteiger partial charge in [-0.15, -0.1) is 0 Å². The van der Waals surface area contributed by atoms with Crippen LogP contribution < -0.4 is 4.74 Å². The molecule has 0 amide bonds. The lowest BCUT2D eigenvalue weighted by Crippen LogP contribution is -2.25. The van der Waals surface area contributed by atoms with Crippen molar-refractivity contribution >= 4 is 5.57 Å². The molecule has 0 aromatic heterocycles. The van der Waals surface area contributed by atoms with Crippen molar-refractivity contribution in [3.05, 3.63) is 70.6 Å². The number of benzene rings is 2. The van der Waals surface area contributed by atoms with E-state index in [1.165, 1.54) is 25.7 Å². The highest BCUT2D eigenvalue weighted by atomic mass is 19.3. The van der Waals surface area contributed by atoms with Crippen LogP contribution in [-0.2, 0) is 6.11 Å². The molecule has 1 atom stereocenters. The maximum absolute atomic E-state index is 14.7. The molecule has 2 aliphatic carbocycles. The summed E-state index contributed by atoms with van der Waals surface area (Å²) in [7, 11) is 0. The lowest BCUT2D eigenvalue weighted by Gasteiger charge is -2.34. The van der Waals surface area contributed by atoms with Crippen molar-refractivity contribution in [3.63, 3.8) is 0 Å². The zero-order chi connectivity index (χ0) is 24.6. The molecule has 1 unspecified atom stereocenters. The van der Waals surface area contributed by atoms with Gasteiger partial charge in [-0.05, 0) is 73.1 Å². The van der Waals surface area contributed by atoms with E-state index in [9.17, 15) is 30.7 Å². The fraction of sp³-hybridized carbons (Fsp3) is 0.462. The van der Waals surface area contributed by atoms with Crippen LogP contribution in [0.5, 0.6) is 5.75 Å². The molecule has 2 aliphatic rings. The van der Waals surface area contributed by atoms with Crippen molar-refractivity contribution in [2.24, 2.45) is 17.8 Å². The summed E-state index contributed by atoms with van der Waals surface area (Å²) in [6.45, 7) is 2.26. The van der Waals surface area contributed by atoms with Crippen LogP contribution in [0.4, 0.5) is 30.7 Å². The number of halogens is 7. The molecule has 1 fully saturated rings. The van der Waals surface area contributed by atoms with E-state index in [1.54, 1.807) is 0 Å². The second kappa shape index (κ2) is 9.62. The van der Waals surface area contributed by atoms with Gasteiger partial charge < -0.3 is 4.74 Å². The first-order chi connectivity index (χ1) is 16.0. The van der Waals surface area contributed by atoms with Crippen LogP contribution in [0.3, 0.4) is 0 Å². The minimum absolute atomic E-state index is 0. The van der Waals surface area contributed by atoms with E-state index in [0.717, 1.165) is 30.9 Å².